The number of hydrogen-bond donors (Lipinski definition) is 2. The average molecular weight is 338 g/mol. The molecule has 0 aliphatic heterocycles. The maximum atomic E-state index is 12.3. The molecule has 7 heteroatoms. The van der Waals surface area contributed by atoms with Gasteiger partial charge in [0.15, 0.2) is 0 Å². The summed E-state index contributed by atoms with van der Waals surface area (Å²) < 4.78 is 2.36. The van der Waals surface area contributed by atoms with E-state index in [0.717, 1.165) is 15.7 Å². The first-order chi connectivity index (χ1) is 9.43. The topological polar surface area (TPSA) is 85.8 Å². The van der Waals surface area contributed by atoms with Crippen LogP contribution in [-0.4, -0.2) is 20.7 Å². The third-order valence-corrected chi connectivity index (χ3v) is 3.42. The third kappa shape index (κ3) is 2.67. The van der Waals surface area contributed by atoms with E-state index in [1.807, 2.05) is 19.9 Å². The summed E-state index contributed by atoms with van der Waals surface area (Å²) in [5.74, 6) is 0.201. The molecule has 1 amide bonds. The number of nitrogens with two attached hydrogens (primary N) is 1. The van der Waals surface area contributed by atoms with E-state index >= 15 is 0 Å². The van der Waals surface area contributed by atoms with E-state index in [4.69, 9.17) is 5.73 Å². The summed E-state index contributed by atoms with van der Waals surface area (Å²) in [5, 5.41) is 6.99. The van der Waals surface area contributed by atoms with Gasteiger partial charge >= 0.3 is 0 Å². The molecule has 2 aromatic rings. The Kier molecular flexibility index (Phi) is 4.08. The lowest BCUT2D eigenvalue weighted by Gasteiger charge is -2.08. The van der Waals surface area contributed by atoms with Crippen LogP contribution in [0.5, 0.6) is 0 Å². The number of hydrogen-bond acceptors (Lipinski definition) is 4. The maximum Gasteiger partial charge on any atom is 0.277 e. The third-order valence-electron chi connectivity index (χ3n) is 2.99. The summed E-state index contributed by atoms with van der Waals surface area (Å²) in [6.07, 6.45) is 2.31. The van der Waals surface area contributed by atoms with E-state index in [2.05, 4.69) is 31.3 Å². The summed E-state index contributed by atoms with van der Waals surface area (Å²) in [4.78, 5) is 16.5. The number of anilines is 2. The molecule has 2 heterocycles. The minimum absolute atomic E-state index is 0.310. The number of nitrogens with one attached hydrogen (secondary N) is 1. The summed E-state index contributed by atoms with van der Waals surface area (Å²) >= 11 is 3.33. The standard InChI is InChI=1S/C13H16BrN5O/c1-4-9-10(15)11(19(3)18-9)13(20)17-12-7(2)5-8(14)6-16-12/h5-6H,4,15H2,1-3H3,(H,16,17,20). The monoisotopic (exact) mass is 337 g/mol. The lowest BCUT2D eigenvalue weighted by Crippen LogP contribution is -2.19. The van der Waals surface area contributed by atoms with E-state index in [1.165, 1.54) is 4.68 Å². The van der Waals surface area contributed by atoms with Crippen molar-refractivity contribution in [1.82, 2.24) is 14.8 Å². The van der Waals surface area contributed by atoms with E-state index in [0.29, 0.717) is 23.6 Å². The zero-order valence-corrected chi connectivity index (χ0v) is 13.2. The first-order valence-electron chi connectivity index (χ1n) is 6.18. The number of amides is 1. The van der Waals surface area contributed by atoms with Gasteiger partial charge in [-0.2, -0.15) is 5.10 Å². The van der Waals surface area contributed by atoms with Crippen LogP contribution >= 0.6 is 15.9 Å². The Labute approximate surface area is 125 Å². The first-order valence-corrected chi connectivity index (χ1v) is 6.98. The zero-order valence-electron chi connectivity index (χ0n) is 11.6. The van der Waals surface area contributed by atoms with Crippen molar-refractivity contribution in [3.8, 4) is 0 Å². The molecule has 0 aliphatic carbocycles. The Morgan fingerprint density at radius 1 is 1.55 bits per heavy atom. The number of halogens is 1. The van der Waals surface area contributed by atoms with Crippen LogP contribution in [0.25, 0.3) is 0 Å². The number of carbonyl (C=O) groups excluding carboxylic acids is 1. The number of pyridine rings is 1. The van der Waals surface area contributed by atoms with Gasteiger partial charge in [-0.1, -0.05) is 6.92 Å². The molecule has 0 saturated carbocycles. The molecule has 0 unspecified atom stereocenters. The highest BCUT2D eigenvalue weighted by atomic mass is 79.9. The van der Waals surface area contributed by atoms with Gasteiger partial charge < -0.3 is 11.1 Å². The minimum Gasteiger partial charge on any atom is -0.395 e. The molecule has 0 saturated heterocycles. The molecule has 3 N–H and O–H groups in total. The number of rotatable bonds is 3. The van der Waals surface area contributed by atoms with Crippen LogP contribution in [0.2, 0.25) is 0 Å². The normalized spacial score (nSPS) is 10.6. The molecule has 106 valence electrons. The molecule has 0 aliphatic rings. The highest BCUT2D eigenvalue weighted by molar-refractivity contribution is 9.10. The number of carbonyl (C=O) groups is 1. The van der Waals surface area contributed by atoms with Crippen molar-refractivity contribution in [1.29, 1.82) is 0 Å². The molecule has 2 rings (SSSR count). The van der Waals surface area contributed by atoms with Crippen LogP contribution in [0.1, 0.15) is 28.7 Å². The Morgan fingerprint density at radius 3 is 2.80 bits per heavy atom. The Bertz CT molecular complexity index is 665. The van der Waals surface area contributed by atoms with Gasteiger partial charge in [-0.15, -0.1) is 0 Å². The van der Waals surface area contributed by atoms with Crippen LogP contribution in [0.3, 0.4) is 0 Å². The van der Waals surface area contributed by atoms with Gasteiger partial charge in [0, 0.05) is 17.7 Å². The molecule has 2 aromatic heterocycles. The Morgan fingerprint density at radius 2 is 2.25 bits per heavy atom. The number of aromatic nitrogens is 3. The molecule has 0 aromatic carbocycles. The van der Waals surface area contributed by atoms with Crippen molar-refractivity contribution in [2.75, 3.05) is 11.1 Å². The smallest absolute Gasteiger partial charge is 0.277 e. The Balaban J connectivity index is 2.31. The number of nitrogens with zero attached hydrogens (tertiary/aromatic N) is 3. The van der Waals surface area contributed by atoms with E-state index in [9.17, 15) is 4.79 Å². The maximum absolute atomic E-state index is 12.3. The molecular formula is C13H16BrN5O. The Hall–Kier alpha value is -1.89. The van der Waals surface area contributed by atoms with E-state index in [1.54, 1.807) is 13.2 Å². The minimum atomic E-state index is -0.310. The van der Waals surface area contributed by atoms with Gasteiger partial charge in [0.2, 0.25) is 0 Å². The van der Waals surface area contributed by atoms with Crippen molar-refractivity contribution in [2.24, 2.45) is 7.05 Å². The molecule has 0 bridgehead atoms. The predicted octanol–water partition coefficient (Wildman–Crippen LogP) is 2.28. The molecule has 0 atom stereocenters. The molecular weight excluding hydrogens is 322 g/mol. The lowest BCUT2D eigenvalue weighted by atomic mass is 10.2. The lowest BCUT2D eigenvalue weighted by molar-refractivity contribution is 0.101. The summed E-state index contributed by atoms with van der Waals surface area (Å²) in [6.45, 7) is 3.82. The van der Waals surface area contributed by atoms with Gasteiger partial charge in [0.25, 0.3) is 5.91 Å². The van der Waals surface area contributed by atoms with Crippen molar-refractivity contribution in [3.63, 3.8) is 0 Å². The van der Waals surface area contributed by atoms with Crippen LogP contribution < -0.4 is 11.1 Å². The fraction of sp³-hybridized carbons (Fsp3) is 0.308. The van der Waals surface area contributed by atoms with Crippen LogP contribution in [0.15, 0.2) is 16.7 Å². The first kappa shape index (κ1) is 14.5. The van der Waals surface area contributed by atoms with Gasteiger partial charge in [-0.25, -0.2) is 4.98 Å². The van der Waals surface area contributed by atoms with E-state index in [-0.39, 0.29) is 5.91 Å². The largest absolute Gasteiger partial charge is 0.395 e. The van der Waals surface area contributed by atoms with Crippen molar-refractivity contribution in [3.05, 3.63) is 33.7 Å². The van der Waals surface area contributed by atoms with Gasteiger partial charge in [-0.3, -0.25) is 9.48 Å². The summed E-state index contributed by atoms with van der Waals surface area (Å²) in [5.41, 5.74) is 8.32. The molecule has 20 heavy (non-hydrogen) atoms. The van der Waals surface area contributed by atoms with Crippen LogP contribution in [-0.2, 0) is 13.5 Å². The molecule has 6 nitrogen and oxygen atoms in total. The fourth-order valence-corrected chi connectivity index (χ4v) is 2.41. The SMILES string of the molecule is CCc1nn(C)c(C(=O)Nc2ncc(Br)cc2C)c1N. The number of nitrogen functional groups attached to an aromatic ring is 1. The average Bonchev–Trinajstić information content (AvgIpc) is 2.67. The molecule has 0 fully saturated rings. The van der Waals surface area contributed by atoms with E-state index < -0.39 is 0 Å². The quantitative estimate of drug-likeness (QED) is 0.899. The summed E-state index contributed by atoms with van der Waals surface area (Å²) in [7, 11) is 1.70. The second-order valence-electron chi connectivity index (χ2n) is 4.46. The molecule has 0 radical (unpaired) electrons. The van der Waals surface area contributed by atoms with Gasteiger partial charge in [0.05, 0.1) is 11.4 Å². The van der Waals surface area contributed by atoms with Crippen molar-refractivity contribution in [2.45, 2.75) is 20.3 Å². The highest BCUT2D eigenvalue weighted by Crippen LogP contribution is 2.20. The zero-order chi connectivity index (χ0) is 14.9. The second-order valence-corrected chi connectivity index (χ2v) is 5.37. The summed E-state index contributed by atoms with van der Waals surface area (Å²) in [6, 6.07) is 1.88. The number of aryl methyl sites for hydroxylation is 3. The highest BCUT2D eigenvalue weighted by Gasteiger charge is 2.20. The van der Waals surface area contributed by atoms with Crippen LogP contribution in [0.4, 0.5) is 11.5 Å². The second kappa shape index (κ2) is 5.62. The molecule has 0 spiro atoms. The van der Waals surface area contributed by atoms with Crippen molar-refractivity contribution >= 4 is 33.3 Å². The van der Waals surface area contributed by atoms with Gasteiger partial charge in [-0.05, 0) is 40.9 Å². The predicted molar refractivity (Wildman–Crippen MR) is 81.6 cm³/mol. The van der Waals surface area contributed by atoms with Crippen LogP contribution in [0, 0.1) is 6.92 Å². The van der Waals surface area contributed by atoms with Crippen molar-refractivity contribution < 1.29 is 4.79 Å². The fourth-order valence-electron chi connectivity index (χ4n) is 1.96. The van der Waals surface area contributed by atoms with Gasteiger partial charge in [0.1, 0.15) is 11.5 Å².